The highest BCUT2D eigenvalue weighted by atomic mass is 35.5. The Balaban J connectivity index is 2.03. The Kier molecular flexibility index (Phi) is 3.76. The molecule has 2 aromatic rings. The molecule has 114 valence electrons. The van der Waals surface area contributed by atoms with Gasteiger partial charge in [0, 0.05) is 10.0 Å². The van der Waals surface area contributed by atoms with Crippen molar-refractivity contribution >= 4 is 45.0 Å². The summed E-state index contributed by atoms with van der Waals surface area (Å²) in [6.07, 6.45) is 0. The van der Waals surface area contributed by atoms with Gasteiger partial charge in [-0.1, -0.05) is 41.4 Å². The Labute approximate surface area is 137 Å². The first-order chi connectivity index (χ1) is 10.4. The fraction of sp³-hybridized carbons (Fsp3) is 0.0714. The van der Waals surface area contributed by atoms with Crippen molar-refractivity contribution in [1.29, 1.82) is 0 Å². The summed E-state index contributed by atoms with van der Waals surface area (Å²) < 4.78 is 27.7. The fourth-order valence-electron chi connectivity index (χ4n) is 2.16. The molecule has 0 aliphatic carbocycles. The third-order valence-corrected chi connectivity index (χ3v) is 5.20. The predicted octanol–water partition coefficient (Wildman–Crippen LogP) is 3.31. The molecule has 1 heterocycles. The van der Waals surface area contributed by atoms with E-state index in [-0.39, 0.29) is 17.8 Å². The van der Waals surface area contributed by atoms with Crippen molar-refractivity contribution in [3.8, 4) is 0 Å². The van der Waals surface area contributed by atoms with E-state index in [1.807, 2.05) is 0 Å². The second-order valence-electron chi connectivity index (χ2n) is 4.70. The molecule has 1 N–H and O–H groups in total. The lowest BCUT2D eigenvalue weighted by Gasteiger charge is -2.29. The number of nitrogens with one attached hydrogen (secondary N) is 1. The van der Waals surface area contributed by atoms with Crippen molar-refractivity contribution < 1.29 is 13.2 Å². The van der Waals surface area contributed by atoms with Gasteiger partial charge in [-0.15, -0.1) is 0 Å². The number of hydrogen-bond donors (Lipinski definition) is 1. The van der Waals surface area contributed by atoms with Crippen LogP contribution in [0.2, 0.25) is 10.0 Å². The van der Waals surface area contributed by atoms with Crippen LogP contribution in [0.4, 0.5) is 5.69 Å². The minimum Gasteiger partial charge on any atom is -0.268 e. The summed E-state index contributed by atoms with van der Waals surface area (Å²) in [6.45, 7) is -0.143. The van der Waals surface area contributed by atoms with Crippen LogP contribution >= 0.6 is 23.2 Å². The molecular weight excluding hydrogens is 347 g/mol. The van der Waals surface area contributed by atoms with Crippen molar-refractivity contribution in [2.75, 3.05) is 4.72 Å². The minimum absolute atomic E-state index is 0.143. The van der Waals surface area contributed by atoms with Gasteiger partial charge in [0.15, 0.2) is 0 Å². The number of benzene rings is 2. The van der Waals surface area contributed by atoms with Crippen LogP contribution in [0, 0.1) is 0 Å². The maximum Gasteiger partial charge on any atom is 0.326 e. The summed E-state index contributed by atoms with van der Waals surface area (Å²) in [7, 11) is -4.00. The second-order valence-corrected chi connectivity index (χ2v) is 7.14. The normalized spacial score (nSPS) is 16.1. The standard InChI is InChI=1S/C14H10Cl2N2O3S/c15-10-5-6-11-13(7-10)17-22(20,21)18(14(11)19)8-9-3-1-2-4-12(9)16/h1-7,17H,8H2. The molecule has 0 spiro atoms. The van der Waals surface area contributed by atoms with E-state index in [1.54, 1.807) is 24.3 Å². The zero-order valence-electron chi connectivity index (χ0n) is 11.1. The van der Waals surface area contributed by atoms with E-state index in [0.29, 0.717) is 15.6 Å². The van der Waals surface area contributed by atoms with E-state index in [9.17, 15) is 13.2 Å². The SMILES string of the molecule is O=C1c2ccc(Cl)cc2NS(=O)(=O)N1Cc1ccccc1Cl. The van der Waals surface area contributed by atoms with Gasteiger partial charge in [-0.2, -0.15) is 8.42 Å². The molecule has 2 aromatic carbocycles. The molecule has 0 saturated carbocycles. The largest absolute Gasteiger partial charge is 0.326 e. The van der Waals surface area contributed by atoms with E-state index in [2.05, 4.69) is 4.72 Å². The Morgan fingerprint density at radius 2 is 1.82 bits per heavy atom. The number of fused-ring (bicyclic) bond motifs is 1. The summed E-state index contributed by atoms with van der Waals surface area (Å²) in [5.41, 5.74) is 0.958. The van der Waals surface area contributed by atoms with Crippen LogP contribution in [0.25, 0.3) is 0 Å². The Morgan fingerprint density at radius 3 is 2.55 bits per heavy atom. The lowest BCUT2D eigenvalue weighted by Crippen LogP contribution is -2.44. The fourth-order valence-corrected chi connectivity index (χ4v) is 3.71. The van der Waals surface area contributed by atoms with Crippen LogP contribution in [0.15, 0.2) is 42.5 Å². The molecular formula is C14H10Cl2N2O3S. The Morgan fingerprint density at radius 1 is 1.09 bits per heavy atom. The first kappa shape index (κ1) is 15.1. The maximum absolute atomic E-state index is 12.5. The first-order valence-electron chi connectivity index (χ1n) is 6.26. The third kappa shape index (κ3) is 2.65. The molecule has 0 fully saturated rings. The topological polar surface area (TPSA) is 66.5 Å². The number of amides is 1. The highest BCUT2D eigenvalue weighted by molar-refractivity contribution is 7.91. The summed E-state index contributed by atoms with van der Waals surface area (Å²) in [4.78, 5) is 12.5. The summed E-state index contributed by atoms with van der Waals surface area (Å²) in [6, 6.07) is 11.2. The molecule has 0 unspecified atom stereocenters. The molecule has 0 saturated heterocycles. The first-order valence-corrected chi connectivity index (χ1v) is 8.46. The van der Waals surface area contributed by atoms with Crippen LogP contribution < -0.4 is 4.72 Å². The van der Waals surface area contributed by atoms with Crippen LogP contribution in [0.3, 0.4) is 0 Å². The highest BCUT2D eigenvalue weighted by Crippen LogP contribution is 2.30. The molecule has 22 heavy (non-hydrogen) atoms. The molecule has 3 rings (SSSR count). The van der Waals surface area contributed by atoms with E-state index in [0.717, 1.165) is 4.31 Å². The van der Waals surface area contributed by atoms with Gasteiger partial charge in [0.2, 0.25) is 0 Å². The molecule has 1 amide bonds. The number of carbonyl (C=O) groups is 1. The van der Waals surface area contributed by atoms with Crippen molar-refractivity contribution in [1.82, 2.24) is 4.31 Å². The van der Waals surface area contributed by atoms with Gasteiger partial charge in [0.25, 0.3) is 5.91 Å². The van der Waals surface area contributed by atoms with Gasteiger partial charge in [0.05, 0.1) is 17.8 Å². The van der Waals surface area contributed by atoms with Crippen LogP contribution in [-0.2, 0) is 16.8 Å². The van der Waals surface area contributed by atoms with Crippen molar-refractivity contribution in [3.05, 3.63) is 63.6 Å². The van der Waals surface area contributed by atoms with Crippen LogP contribution in [0.5, 0.6) is 0 Å². The summed E-state index contributed by atoms with van der Waals surface area (Å²) >= 11 is 11.9. The quantitative estimate of drug-likeness (QED) is 0.897. The van der Waals surface area contributed by atoms with Gasteiger partial charge < -0.3 is 0 Å². The number of nitrogens with zero attached hydrogens (tertiary/aromatic N) is 1. The number of halogens is 2. The molecule has 1 aliphatic heterocycles. The average molecular weight is 357 g/mol. The lowest BCUT2D eigenvalue weighted by atomic mass is 10.1. The van der Waals surface area contributed by atoms with Crippen LogP contribution in [0.1, 0.15) is 15.9 Å². The van der Waals surface area contributed by atoms with E-state index in [1.165, 1.54) is 18.2 Å². The average Bonchev–Trinajstić information content (AvgIpc) is 2.44. The molecule has 0 atom stereocenters. The summed E-state index contributed by atoms with van der Waals surface area (Å²) in [5.74, 6) is -0.620. The van der Waals surface area contributed by atoms with Gasteiger partial charge in [-0.3, -0.25) is 9.52 Å². The predicted molar refractivity (Wildman–Crippen MR) is 85.3 cm³/mol. The zero-order chi connectivity index (χ0) is 15.9. The van der Waals surface area contributed by atoms with E-state index < -0.39 is 16.1 Å². The van der Waals surface area contributed by atoms with Gasteiger partial charge in [-0.25, -0.2) is 4.31 Å². The van der Waals surface area contributed by atoms with Gasteiger partial charge >= 0.3 is 10.2 Å². The number of anilines is 1. The second kappa shape index (κ2) is 5.46. The number of hydrogen-bond acceptors (Lipinski definition) is 3. The lowest BCUT2D eigenvalue weighted by molar-refractivity contribution is 0.0853. The monoisotopic (exact) mass is 356 g/mol. The van der Waals surface area contributed by atoms with Crippen molar-refractivity contribution in [3.63, 3.8) is 0 Å². The smallest absolute Gasteiger partial charge is 0.268 e. The molecule has 0 aromatic heterocycles. The van der Waals surface area contributed by atoms with Gasteiger partial charge in [-0.05, 0) is 29.8 Å². The highest BCUT2D eigenvalue weighted by Gasteiger charge is 2.35. The minimum atomic E-state index is -4.00. The van der Waals surface area contributed by atoms with E-state index >= 15 is 0 Å². The van der Waals surface area contributed by atoms with Crippen molar-refractivity contribution in [2.24, 2.45) is 0 Å². The van der Waals surface area contributed by atoms with Crippen LogP contribution in [-0.4, -0.2) is 18.6 Å². The van der Waals surface area contributed by atoms with Gasteiger partial charge in [0.1, 0.15) is 0 Å². The molecule has 5 nitrogen and oxygen atoms in total. The van der Waals surface area contributed by atoms with E-state index in [4.69, 9.17) is 23.2 Å². The molecule has 0 radical (unpaired) electrons. The Hall–Kier alpha value is -1.76. The third-order valence-electron chi connectivity index (χ3n) is 3.24. The number of rotatable bonds is 2. The Bertz CT molecular complexity index is 868. The maximum atomic E-state index is 12.5. The molecule has 1 aliphatic rings. The molecule has 0 bridgehead atoms. The van der Waals surface area contributed by atoms with Crippen molar-refractivity contribution in [2.45, 2.75) is 6.54 Å². The zero-order valence-corrected chi connectivity index (χ0v) is 13.4. The molecule has 8 heteroatoms. The number of carbonyl (C=O) groups excluding carboxylic acids is 1. The summed E-state index contributed by atoms with van der Waals surface area (Å²) in [5, 5.41) is 0.737.